The number of phenolic OH excluding ortho intramolecular Hbond substituents is 1. The number of likely N-dealkylation sites (N-methyl/N-ethyl adjacent to an activating group) is 1. The molecule has 1 aliphatic heterocycles. The Morgan fingerprint density at radius 3 is 2.36 bits per heavy atom. The maximum Gasteiger partial charge on any atom is 0.259 e. The molecule has 0 saturated heterocycles. The molecule has 3 atom stereocenters. The Labute approximate surface area is 262 Å². The number of benzene rings is 3. The number of carbonyl (C=O) groups excluding carboxylic acids is 1. The Bertz CT molecular complexity index is 1980. The summed E-state index contributed by atoms with van der Waals surface area (Å²) in [6.07, 6.45) is -0.641. The van der Waals surface area contributed by atoms with Crippen molar-refractivity contribution >= 4 is 39.4 Å². The van der Waals surface area contributed by atoms with Gasteiger partial charge in [0, 0.05) is 42.8 Å². The molecule has 2 heterocycles. The van der Waals surface area contributed by atoms with Gasteiger partial charge in [-0.25, -0.2) is 0 Å². The number of hydrogen-bond acceptors (Lipinski definition) is 10. The van der Waals surface area contributed by atoms with Crippen molar-refractivity contribution in [3.63, 3.8) is 0 Å². The fourth-order valence-corrected chi connectivity index (χ4v) is 6.51. The third-order valence-corrected chi connectivity index (χ3v) is 8.49. The van der Waals surface area contributed by atoms with Crippen molar-refractivity contribution in [1.82, 2.24) is 4.90 Å². The monoisotopic (exact) mass is 635 g/mol. The molecule has 0 spiro atoms. The van der Waals surface area contributed by atoms with E-state index in [0.717, 1.165) is 0 Å². The van der Waals surface area contributed by atoms with Crippen LogP contribution in [0.25, 0.3) is 33.1 Å². The molecule has 45 heavy (non-hydrogen) atoms. The summed E-state index contributed by atoms with van der Waals surface area (Å²) in [6.45, 7) is 7.35. The predicted molar refractivity (Wildman–Crippen MR) is 167 cm³/mol. The minimum Gasteiger partial charge on any atom is -0.504 e. The lowest BCUT2D eigenvalue weighted by molar-refractivity contribution is -0.0908. The molecule has 1 aromatic heterocycles. The summed E-state index contributed by atoms with van der Waals surface area (Å²) >= 11 is 6.31. The number of rotatable bonds is 8. The molecule has 0 bridgehead atoms. The normalized spacial score (nSPS) is 18.8. The fourth-order valence-electron chi connectivity index (χ4n) is 6.28. The third-order valence-electron chi connectivity index (χ3n) is 8.19. The summed E-state index contributed by atoms with van der Waals surface area (Å²) in [4.78, 5) is 29.2. The van der Waals surface area contributed by atoms with Crippen LogP contribution >= 0.6 is 11.6 Å². The number of fused-ring (bicyclic) bond motifs is 6. The van der Waals surface area contributed by atoms with Crippen molar-refractivity contribution in [3.8, 4) is 34.1 Å². The first kappa shape index (κ1) is 30.5. The number of carbonyl (C=O) groups is 1. The van der Waals surface area contributed by atoms with Gasteiger partial charge in [-0.2, -0.15) is 0 Å². The van der Waals surface area contributed by atoms with E-state index in [1.807, 2.05) is 0 Å². The number of methoxy groups -OCH3 is 2. The molecule has 12 heteroatoms. The molecule has 1 amide bonds. The second-order valence-electron chi connectivity index (χ2n) is 10.7. The number of aliphatic hydroxyl groups excluding tert-OH is 2. The number of amides is 1. The van der Waals surface area contributed by atoms with Crippen molar-refractivity contribution in [2.45, 2.75) is 24.9 Å². The number of hydrogen-bond donors (Lipinski definition) is 3. The number of aromatic hydroxyl groups is 1. The van der Waals surface area contributed by atoms with Gasteiger partial charge >= 0.3 is 0 Å². The number of phenols is 1. The maximum absolute atomic E-state index is 14.2. The Hall–Kier alpha value is -4.55. The van der Waals surface area contributed by atoms with E-state index in [9.17, 15) is 24.9 Å². The van der Waals surface area contributed by atoms with Crippen LogP contribution in [0.3, 0.4) is 0 Å². The molecule has 4 aromatic rings. The molecular weight excluding hydrogens is 606 g/mol. The fraction of sp³-hybridized carbons (Fsp3) is 0.273. The highest BCUT2D eigenvalue weighted by Crippen LogP contribution is 2.57. The summed E-state index contributed by atoms with van der Waals surface area (Å²) in [5.74, 6) is -0.892. The minimum absolute atomic E-state index is 0.00230. The van der Waals surface area contributed by atoms with E-state index in [4.69, 9.17) is 35.0 Å². The van der Waals surface area contributed by atoms with Crippen molar-refractivity contribution in [3.05, 3.63) is 81.0 Å². The average Bonchev–Trinajstić information content (AvgIpc) is 3.02. The second kappa shape index (κ2) is 11.4. The molecule has 3 N–H and O–H groups in total. The predicted octanol–water partition coefficient (Wildman–Crippen LogP) is 4.79. The molecule has 1 aliphatic carbocycles. The molecule has 3 aromatic carbocycles. The highest BCUT2D eigenvalue weighted by atomic mass is 35.5. The van der Waals surface area contributed by atoms with E-state index >= 15 is 0 Å². The van der Waals surface area contributed by atoms with E-state index in [0.29, 0.717) is 11.1 Å². The van der Waals surface area contributed by atoms with Crippen LogP contribution in [0.4, 0.5) is 0 Å². The second-order valence-corrected chi connectivity index (χ2v) is 11.1. The largest absolute Gasteiger partial charge is 0.504 e. The smallest absolute Gasteiger partial charge is 0.259 e. The summed E-state index contributed by atoms with van der Waals surface area (Å²) < 4.78 is 29.2. The topological polar surface area (TPSA) is 148 Å². The quantitative estimate of drug-likeness (QED) is 0.182. The summed E-state index contributed by atoms with van der Waals surface area (Å²) in [5.41, 5.74) is 0.362. The maximum atomic E-state index is 14.2. The minimum atomic E-state index is -1.33. The lowest BCUT2D eigenvalue weighted by Gasteiger charge is -2.39. The van der Waals surface area contributed by atoms with Crippen LogP contribution in [-0.2, 0) is 11.2 Å². The highest BCUT2D eigenvalue weighted by molar-refractivity contribution is 6.33. The van der Waals surface area contributed by atoms with Crippen molar-refractivity contribution in [2.75, 3.05) is 34.5 Å². The van der Waals surface area contributed by atoms with Gasteiger partial charge in [0.25, 0.3) is 5.91 Å². The van der Waals surface area contributed by atoms with E-state index < -0.39 is 35.5 Å². The van der Waals surface area contributed by atoms with Crippen molar-refractivity contribution in [2.24, 2.45) is 0 Å². The Balaban J connectivity index is 1.81. The molecule has 234 valence electrons. The van der Waals surface area contributed by atoms with Gasteiger partial charge in [-0.15, -0.1) is 0 Å². The van der Waals surface area contributed by atoms with Gasteiger partial charge in [0.2, 0.25) is 5.43 Å². The Morgan fingerprint density at radius 1 is 1.02 bits per heavy atom. The SMILES string of the molecule is C=CCOc1c2c(cc3c1-c1c(c(O)c4oc5c(OC)c(Cl)ccc5c(=O)c4c1OCC=C)C(O)C3)C(O)C(OC)N(C)C2=O. The molecule has 0 radical (unpaired) electrons. The molecule has 2 aliphatic rings. The first-order chi connectivity index (χ1) is 21.6. The third kappa shape index (κ3) is 4.38. The van der Waals surface area contributed by atoms with E-state index in [1.54, 1.807) is 6.07 Å². The Morgan fingerprint density at radius 2 is 1.71 bits per heavy atom. The number of halogens is 1. The lowest BCUT2D eigenvalue weighted by Crippen LogP contribution is -2.47. The Kier molecular flexibility index (Phi) is 7.74. The van der Waals surface area contributed by atoms with Crippen molar-refractivity contribution in [1.29, 1.82) is 0 Å². The molecule has 11 nitrogen and oxygen atoms in total. The summed E-state index contributed by atoms with van der Waals surface area (Å²) in [6, 6.07) is 4.56. The van der Waals surface area contributed by atoms with Crippen LogP contribution in [0, 0.1) is 0 Å². The molecule has 6 rings (SSSR count). The van der Waals surface area contributed by atoms with Gasteiger partial charge in [0.1, 0.15) is 36.2 Å². The number of aliphatic hydroxyl groups is 2. The lowest BCUT2D eigenvalue weighted by atomic mass is 9.77. The highest BCUT2D eigenvalue weighted by Gasteiger charge is 2.44. The summed E-state index contributed by atoms with van der Waals surface area (Å²) in [5, 5.41) is 34.7. The zero-order chi connectivity index (χ0) is 32.3. The van der Waals surface area contributed by atoms with Gasteiger partial charge in [-0.1, -0.05) is 43.0 Å². The van der Waals surface area contributed by atoms with Crippen LogP contribution in [0.1, 0.15) is 39.3 Å². The van der Waals surface area contributed by atoms with Crippen molar-refractivity contribution < 1.29 is 43.5 Å². The van der Waals surface area contributed by atoms with Gasteiger partial charge in [-0.05, 0) is 17.7 Å². The van der Waals surface area contributed by atoms with E-state index in [1.165, 1.54) is 50.5 Å². The molecule has 3 unspecified atom stereocenters. The van der Waals surface area contributed by atoms with Crippen LogP contribution in [-0.4, -0.2) is 66.8 Å². The molecule has 0 fully saturated rings. The van der Waals surface area contributed by atoms with Gasteiger partial charge in [-0.3, -0.25) is 9.59 Å². The van der Waals surface area contributed by atoms with E-state index in [2.05, 4.69) is 13.2 Å². The van der Waals surface area contributed by atoms with Gasteiger partial charge in [0.05, 0.1) is 29.2 Å². The van der Waals surface area contributed by atoms with Crippen LogP contribution in [0.15, 0.2) is 52.7 Å². The zero-order valence-electron chi connectivity index (χ0n) is 24.7. The average molecular weight is 636 g/mol. The zero-order valence-corrected chi connectivity index (χ0v) is 25.4. The van der Waals surface area contributed by atoms with Crippen LogP contribution in [0.5, 0.6) is 23.0 Å². The van der Waals surface area contributed by atoms with Gasteiger partial charge in [0.15, 0.2) is 28.9 Å². The van der Waals surface area contributed by atoms with Crippen LogP contribution in [0.2, 0.25) is 5.02 Å². The molecule has 0 saturated carbocycles. The van der Waals surface area contributed by atoms with E-state index in [-0.39, 0.29) is 86.1 Å². The number of nitrogens with zero attached hydrogens (tertiary/aromatic N) is 1. The first-order valence-corrected chi connectivity index (χ1v) is 14.3. The molecular formula is C33H30ClNO10. The first-order valence-electron chi connectivity index (χ1n) is 14.0. The van der Waals surface area contributed by atoms with Gasteiger partial charge < -0.3 is 43.6 Å². The number of ether oxygens (including phenoxy) is 4. The summed E-state index contributed by atoms with van der Waals surface area (Å²) in [7, 11) is 4.24. The standard InChI is InChI=1S/C33H30ClNO10/c1-6-10-43-29-19-14(12-16-20(29)32(40)35(3)33(42-5)25(16)38)13-18(36)21-22(19)30(44-11-7-2)23-24(37)15-8-9-17(34)28(41-4)27(15)45-31(23)26(21)39/h6-9,12,18,25,33,36,38-39H,1-2,10-11,13H2,3-5H3. The van der Waals surface area contributed by atoms with Crippen LogP contribution < -0.4 is 19.6 Å².